The van der Waals surface area contributed by atoms with Crippen LogP contribution in [0.25, 0.3) is 0 Å². The lowest BCUT2D eigenvalue weighted by Crippen LogP contribution is -2.28. The Bertz CT molecular complexity index is 130. The van der Waals surface area contributed by atoms with Crippen molar-refractivity contribution in [2.75, 3.05) is 40.3 Å². The van der Waals surface area contributed by atoms with Gasteiger partial charge >= 0.3 is 0 Å². The molecular formula is C11H25N3. The number of hydrogen-bond acceptors (Lipinski definition) is 3. The van der Waals surface area contributed by atoms with Gasteiger partial charge in [0, 0.05) is 6.04 Å². The van der Waals surface area contributed by atoms with Crippen molar-refractivity contribution in [2.45, 2.75) is 31.7 Å². The van der Waals surface area contributed by atoms with Gasteiger partial charge in [0.05, 0.1) is 0 Å². The van der Waals surface area contributed by atoms with Crippen molar-refractivity contribution in [1.29, 1.82) is 0 Å². The van der Waals surface area contributed by atoms with Gasteiger partial charge in [0.15, 0.2) is 0 Å². The van der Waals surface area contributed by atoms with Crippen LogP contribution >= 0.6 is 0 Å². The van der Waals surface area contributed by atoms with Gasteiger partial charge < -0.3 is 15.5 Å². The third-order valence-electron chi connectivity index (χ3n) is 2.79. The van der Waals surface area contributed by atoms with Crippen molar-refractivity contribution < 1.29 is 0 Å². The molecular weight excluding hydrogens is 174 g/mol. The Labute approximate surface area is 88.2 Å². The molecule has 1 atom stereocenters. The highest BCUT2D eigenvalue weighted by Gasteiger charge is 2.12. The van der Waals surface area contributed by atoms with Crippen LogP contribution in [0.2, 0.25) is 0 Å². The molecule has 0 saturated carbocycles. The highest BCUT2D eigenvalue weighted by molar-refractivity contribution is 4.74. The molecule has 1 unspecified atom stereocenters. The highest BCUT2D eigenvalue weighted by atomic mass is 15.1. The molecule has 0 radical (unpaired) electrons. The van der Waals surface area contributed by atoms with Crippen LogP contribution in [0.3, 0.4) is 0 Å². The summed E-state index contributed by atoms with van der Waals surface area (Å²) in [5.41, 5.74) is 0. The Morgan fingerprint density at radius 2 is 2.21 bits per heavy atom. The van der Waals surface area contributed by atoms with Gasteiger partial charge in [-0.25, -0.2) is 0 Å². The zero-order chi connectivity index (χ0) is 10.2. The smallest absolute Gasteiger partial charge is 0.00796 e. The summed E-state index contributed by atoms with van der Waals surface area (Å²) >= 11 is 0. The van der Waals surface area contributed by atoms with Crippen LogP contribution in [0.4, 0.5) is 0 Å². The number of hydrogen-bond donors (Lipinski definition) is 2. The summed E-state index contributed by atoms with van der Waals surface area (Å²) in [5, 5.41) is 7.02. The zero-order valence-electron chi connectivity index (χ0n) is 9.68. The fourth-order valence-electron chi connectivity index (χ4n) is 1.92. The van der Waals surface area contributed by atoms with Crippen molar-refractivity contribution in [3.63, 3.8) is 0 Å². The molecule has 1 aliphatic rings. The molecule has 84 valence electrons. The molecule has 2 N–H and O–H groups in total. The summed E-state index contributed by atoms with van der Waals surface area (Å²) in [6, 6.07) is 0.788. The minimum atomic E-state index is 0.788. The van der Waals surface area contributed by atoms with E-state index in [2.05, 4.69) is 29.6 Å². The predicted octanol–water partition coefficient (Wildman–Crippen LogP) is 0.670. The average Bonchev–Trinajstić information content (AvgIpc) is 2.63. The molecule has 0 bridgehead atoms. The largest absolute Gasteiger partial charge is 0.317 e. The van der Waals surface area contributed by atoms with E-state index in [1.165, 1.54) is 45.3 Å². The molecule has 1 fully saturated rings. The third kappa shape index (κ3) is 5.58. The molecule has 0 spiro atoms. The standard InChI is InChI=1S/C11H25N3/c1-14(2)10-4-7-12-9-6-11-5-3-8-13-11/h11-13H,3-10H2,1-2H3. The molecule has 0 aromatic heterocycles. The van der Waals surface area contributed by atoms with Gasteiger partial charge in [-0.1, -0.05) is 0 Å². The van der Waals surface area contributed by atoms with Crippen molar-refractivity contribution in [3.8, 4) is 0 Å². The van der Waals surface area contributed by atoms with E-state index in [0.29, 0.717) is 0 Å². The van der Waals surface area contributed by atoms with Crippen LogP contribution in [0.1, 0.15) is 25.7 Å². The fraction of sp³-hybridized carbons (Fsp3) is 1.00. The Kier molecular flexibility index (Phi) is 6.15. The molecule has 0 aromatic carbocycles. The van der Waals surface area contributed by atoms with Gasteiger partial charge in [-0.15, -0.1) is 0 Å². The summed E-state index contributed by atoms with van der Waals surface area (Å²) in [6.07, 6.45) is 5.29. The minimum Gasteiger partial charge on any atom is -0.317 e. The van der Waals surface area contributed by atoms with Gasteiger partial charge in [-0.3, -0.25) is 0 Å². The lowest BCUT2D eigenvalue weighted by Gasteiger charge is -2.12. The Balaban J connectivity index is 1.79. The topological polar surface area (TPSA) is 27.3 Å². The first-order valence-corrected chi connectivity index (χ1v) is 5.88. The van der Waals surface area contributed by atoms with E-state index in [1.807, 2.05) is 0 Å². The molecule has 3 heteroatoms. The molecule has 14 heavy (non-hydrogen) atoms. The van der Waals surface area contributed by atoms with Crippen molar-refractivity contribution >= 4 is 0 Å². The number of nitrogens with one attached hydrogen (secondary N) is 2. The molecule has 3 nitrogen and oxygen atoms in total. The Morgan fingerprint density at radius 3 is 2.86 bits per heavy atom. The highest BCUT2D eigenvalue weighted by Crippen LogP contribution is 2.07. The molecule has 1 saturated heterocycles. The van der Waals surface area contributed by atoms with E-state index in [4.69, 9.17) is 0 Å². The maximum atomic E-state index is 3.52. The van der Waals surface area contributed by atoms with E-state index >= 15 is 0 Å². The van der Waals surface area contributed by atoms with Gasteiger partial charge in [0.1, 0.15) is 0 Å². The Hall–Kier alpha value is -0.120. The normalized spacial score (nSPS) is 22.1. The maximum absolute atomic E-state index is 3.52. The van der Waals surface area contributed by atoms with Gasteiger partial charge in [0.25, 0.3) is 0 Å². The SMILES string of the molecule is CN(C)CCCNCCC1CCCN1. The summed E-state index contributed by atoms with van der Waals surface area (Å²) < 4.78 is 0. The van der Waals surface area contributed by atoms with Crippen LogP contribution in [0.5, 0.6) is 0 Å². The second-order valence-corrected chi connectivity index (χ2v) is 4.49. The fourth-order valence-corrected chi connectivity index (χ4v) is 1.92. The maximum Gasteiger partial charge on any atom is 0.00796 e. The van der Waals surface area contributed by atoms with Crippen LogP contribution in [0.15, 0.2) is 0 Å². The first kappa shape index (κ1) is 12.0. The van der Waals surface area contributed by atoms with Crippen LogP contribution < -0.4 is 10.6 Å². The number of nitrogens with zero attached hydrogens (tertiary/aromatic N) is 1. The zero-order valence-corrected chi connectivity index (χ0v) is 9.68. The van der Waals surface area contributed by atoms with E-state index in [1.54, 1.807) is 0 Å². The minimum absolute atomic E-state index is 0.788. The lowest BCUT2D eigenvalue weighted by atomic mass is 10.1. The molecule has 0 aromatic rings. The first-order valence-electron chi connectivity index (χ1n) is 5.88. The second-order valence-electron chi connectivity index (χ2n) is 4.49. The lowest BCUT2D eigenvalue weighted by molar-refractivity contribution is 0.392. The van der Waals surface area contributed by atoms with E-state index in [-0.39, 0.29) is 0 Å². The van der Waals surface area contributed by atoms with E-state index in [9.17, 15) is 0 Å². The molecule has 1 heterocycles. The van der Waals surface area contributed by atoms with Gasteiger partial charge in [0.2, 0.25) is 0 Å². The summed E-state index contributed by atoms with van der Waals surface area (Å²) in [4.78, 5) is 2.24. The Morgan fingerprint density at radius 1 is 1.36 bits per heavy atom. The number of rotatable bonds is 7. The average molecular weight is 199 g/mol. The molecule has 1 aliphatic heterocycles. The summed E-state index contributed by atoms with van der Waals surface area (Å²) in [7, 11) is 4.25. The van der Waals surface area contributed by atoms with E-state index in [0.717, 1.165) is 12.6 Å². The molecule has 1 rings (SSSR count). The third-order valence-corrected chi connectivity index (χ3v) is 2.79. The first-order chi connectivity index (χ1) is 6.79. The van der Waals surface area contributed by atoms with Gasteiger partial charge in [-0.2, -0.15) is 0 Å². The van der Waals surface area contributed by atoms with Crippen LogP contribution in [0, 0.1) is 0 Å². The monoisotopic (exact) mass is 199 g/mol. The summed E-state index contributed by atoms with van der Waals surface area (Å²) in [5.74, 6) is 0. The van der Waals surface area contributed by atoms with Crippen LogP contribution in [-0.4, -0.2) is 51.2 Å². The predicted molar refractivity (Wildman–Crippen MR) is 61.7 cm³/mol. The van der Waals surface area contributed by atoms with Crippen molar-refractivity contribution in [2.24, 2.45) is 0 Å². The van der Waals surface area contributed by atoms with Crippen molar-refractivity contribution in [1.82, 2.24) is 15.5 Å². The molecule has 0 amide bonds. The second kappa shape index (κ2) is 7.21. The van der Waals surface area contributed by atoms with E-state index < -0.39 is 0 Å². The molecule has 0 aliphatic carbocycles. The summed E-state index contributed by atoms with van der Waals surface area (Å²) in [6.45, 7) is 4.75. The quantitative estimate of drug-likeness (QED) is 0.590. The van der Waals surface area contributed by atoms with Crippen LogP contribution in [-0.2, 0) is 0 Å². The van der Waals surface area contributed by atoms with Gasteiger partial charge in [-0.05, 0) is 66.0 Å². The van der Waals surface area contributed by atoms with Crippen molar-refractivity contribution in [3.05, 3.63) is 0 Å².